The number of phenolic OH excluding ortho intramolecular Hbond substituents is 2. The van der Waals surface area contributed by atoms with E-state index in [0.717, 1.165) is 16.4 Å². The average molecular weight is 396 g/mol. The van der Waals surface area contributed by atoms with E-state index in [0.29, 0.717) is 25.9 Å². The smallest absolute Gasteiger partial charge is 0.240 e. The first-order valence-electron chi connectivity index (χ1n) is 9.27. The average Bonchev–Trinajstić information content (AvgIpc) is 2.72. The van der Waals surface area contributed by atoms with Crippen LogP contribution in [0.4, 0.5) is 0 Å². The lowest BCUT2D eigenvalue weighted by atomic mass is 10.1. The minimum Gasteiger partial charge on any atom is -0.508 e. The van der Waals surface area contributed by atoms with Gasteiger partial charge in [0.1, 0.15) is 11.5 Å². The van der Waals surface area contributed by atoms with Crippen LogP contribution in [0.2, 0.25) is 0 Å². The van der Waals surface area contributed by atoms with Gasteiger partial charge in [-0.25, -0.2) is 0 Å². The van der Waals surface area contributed by atoms with E-state index in [4.69, 9.17) is 0 Å². The molecule has 4 N–H and O–H groups in total. The highest BCUT2D eigenvalue weighted by molar-refractivity contribution is 7.67. The highest BCUT2D eigenvalue weighted by atomic mass is 31.2. The van der Waals surface area contributed by atoms with Crippen LogP contribution < -0.4 is 15.5 Å². The molecule has 0 radical (unpaired) electrons. The van der Waals surface area contributed by atoms with Crippen LogP contribution in [0.25, 0.3) is 0 Å². The summed E-state index contributed by atoms with van der Waals surface area (Å²) >= 11 is 0. The minimum atomic E-state index is -2.96. The summed E-state index contributed by atoms with van der Waals surface area (Å²) < 4.78 is 13.6. The van der Waals surface area contributed by atoms with Gasteiger partial charge in [-0.3, -0.25) is 14.7 Å². The van der Waals surface area contributed by atoms with Crippen molar-refractivity contribution in [1.29, 1.82) is 0 Å². The summed E-state index contributed by atoms with van der Waals surface area (Å²) in [6.07, 6.45) is 1.41. The molecule has 146 valence electrons. The van der Waals surface area contributed by atoms with Crippen molar-refractivity contribution in [3.63, 3.8) is 0 Å². The first-order valence-corrected chi connectivity index (χ1v) is 11.0. The molecule has 0 heterocycles. The van der Waals surface area contributed by atoms with Crippen molar-refractivity contribution in [2.75, 3.05) is 13.1 Å². The van der Waals surface area contributed by atoms with Crippen molar-refractivity contribution >= 4 is 12.7 Å². The van der Waals surface area contributed by atoms with Gasteiger partial charge in [-0.05, 0) is 60.4 Å². The number of hydrogen-bond acceptors (Lipinski definition) is 3. The van der Waals surface area contributed by atoms with Gasteiger partial charge in [0, 0.05) is 18.4 Å². The largest absolute Gasteiger partial charge is 0.508 e. The van der Waals surface area contributed by atoms with Crippen molar-refractivity contribution in [1.82, 2.24) is 10.2 Å². The van der Waals surface area contributed by atoms with Gasteiger partial charge in [0.15, 0.2) is 0 Å². The van der Waals surface area contributed by atoms with E-state index in [-0.39, 0.29) is 11.5 Å². The van der Waals surface area contributed by atoms with Crippen molar-refractivity contribution in [3.05, 3.63) is 90.0 Å². The fourth-order valence-corrected chi connectivity index (χ4v) is 4.84. The monoisotopic (exact) mass is 396 g/mol. The molecule has 0 saturated heterocycles. The van der Waals surface area contributed by atoms with Gasteiger partial charge in [0.05, 0.1) is 0 Å². The molecule has 0 saturated carbocycles. The normalized spacial score (nSPS) is 11.4. The molecule has 0 aliphatic rings. The Morgan fingerprint density at radius 2 is 1.07 bits per heavy atom. The predicted molar refractivity (Wildman–Crippen MR) is 113 cm³/mol. The molecular formula is C22H25N2O3P. The maximum Gasteiger partial charge on any atom is 0.240 e. The molecule has 0 unspecified atom stereocenters. The van der Waals surface area contributed by atoms with E-state index in [1.165, 1.54) is 0 Å². The van der Waals surface area contributed by atoms with Crippen LogP contribution in [0.1, 0.15) is 11.1 Å². The second kappa shape index (κ2) is 9.56. The molecule has 0 bridgehead atoms. The summed E-state index contributed by atoms with van der Waals surface area (Å²) in [4.78, 5) is 0. The predicted octanol–water partition coefficient (Wildman–Crippen LogP) is 3.58. The molecule has 0 aliphatic carbocycles. The first kappa shape index (κ1) is 20.2. The summed E-state index contributed by atoms with van der Waals surface area (Å²) in [5.41, 5.74) is 2.13. The van der Waals surface area contributed by atoms with Crippen LogP contribution in [-0.2, 0) is 17.4 Å². The molecule has 3 aromatic rings. The van der Waals surface area contributed by atoms with Gasteiger partial charge in [0.25, 0.3) is 0 Å². The Hall–Kier alpha value is -2.59. The van der Waals surface area contributed by atoms with E-state index in [9.17, 15) is 14.8 Å². The lowest BCUT2D eigenvalue weighted by molar-refractivity contribution is 0.474. The maximum absolute atomic E-state index is 13.6. The van der Waals surface area contributed by atoms with Gasteiger partial charge in [-0.2, -0.15) is 0 Å². The Bertz CT molecular complexity index is 857. The fraction of sp³-hybridized carbons (Fsp3) is 0.182. The molecular weight excluding hydrogens is 371 g/mol. The Balaban J connectivity index is 1.62. The van der Waals surface area contributed by atoms with E-state index >= 15 is 0 Å². The minimum absolute atomic E-state index is 0.238. The van der Waals surface area contributed by atoms with E-state index < -0.39 is 7.44 Å². The molecule has 3 rings (SSSR count). The summed E-state index contributed by atoms with van der Waals surface area (Å²) in [6.45, 7) is 1.09. The maximum atomic E-state index is 13.6. The Morgan fingerprint density at radius 1 is 0.643 bits per heavy atom. The molecule has 0 aromatic heterocycles. The zero-order valence-corrected chi connectivity index (χ0v) is 16.5. The topological polar surface area (TPSA) is 81.6 Å². The standard InChI is InChI=1S/C22H25N2O3P/c25-20-10-6-18(7-11-20)14-16-23-28(27,22-4-2-1-3-5-22)24-17-15-19-8-12-21(26)13-9-19/h1-13,25-26H,14-17H2,(H2,23,24,27). The number of aromatic hydroxyl groups is 2. The van der Waals surface area contributed by atoms with Crippen molar-refractivity contribution in [2.24, 2.45) is 0 Å². The Kier molecular flexibility index (Phi) is 6.88. The third-order valence-electron chi connectivity index (χ3n) is 4.49. The summed E-state index contributed by atoms with van der Waals surface area (Å²) in [5.74, 6) is 0.477. The molecule has 0 fully saturated rings. The Morgan fingerprint density at radius 3 is 1.50 bits per heavy atom. The third-order valence-corrected chi connectivity index (χ3v) is 6.85. The zero-order chi connectivity index (χ0) is 19.8. The van der Waals surface area contributed by atoms with Crippen LogP contribution in [0, 0.1) is 0 Å². The van der Waals surface area contributed by atoms with Crippen LogP contribution >= 0.6 is 7.44 Å². The molecule has 5 nitrogen and oxygen atoms in total. The van der Waals surface area contributed by atoms with Gasteiger partial charge in [-0.15, -0.1) is 0 Å². The van der Waals surface area contributed by atoms with Gasteiger partial charge < -0.3 is 10.2 Å². The lowest BCUT2D eigenvalue weighted by Gasteiger charge is -2.21. The highest BCUT2D eigenvalue weighted by Crippen LogP contribution is 2.34. The molecule has 0 aliphatic heterocycles. The summed E-state index contributed by atoms with van der Waals surface area (Å²) in [7, 11) is -2.96. The van der Waals surface area contributed by atoms with Crippen molar-refractivity contribution in [3.8, 4) is 11.5 Å². The third kappa shape index (κ3) is 5.70. The number of benzene rings is 3. The summed E-state index contributed by atoms with van der Waals surface area (Å²) in [5, 5.41) is 25.9. The van der Waals surface area contributed by atoms with Gasteiger partial charge >= 0.3 is 0 Å². The second-order valence-corrected chi connectivity index (χ2v) is 8.96. The van der Waals surface area contributed by atoms with Crippen molar-refractivity contribution < 1.29 is 14.8 Å². The fourth-order valence-electron chi connectivity index (χ4n) is 2.92. The lowest BCUT2D eigenvalue weighted by Crippen LogP contribution is -2.32. The highest BCUT2D eigenvalue weighted by Gasteiger charge is 2.23. The molecule has 0 amide bonds. The van der Waals surface area contributed by atoms with Crippen LogP contribution in [0.15, 0.2) is 78.9 Å². The first-order chi connectivity index (χ1) is 13.5. The number of nitrogens with one attached hydrogen (secondary N) is 2. The van der Waals surface area contributed by atoms with E-state index in [1.54, 1.807) is 24.3 Å². The molecule has 0 atom stereocenters. The Labute approximate surface area is 165 Å². The number of rotatable bonds is 9. The second-order valence-electron chi connectivity index (χ2n) is 6.59. The molecule has 28 heavy (non-hydrogen) atoms. The molecule has 0 spiro atoms. The SMILES string of the molecule is O=P(NCCc1ccc(O)cc1)(NCCc1ccc(O)cc1)c1ccccc1. The zero-order valence-electron chi connectivity index (χ0n) is 15.6. The van der Waals surface area contributed by atoms with Crippen LogP contribution in [0.3, 0.4) is 0 Å². The molecule has 3 aromatic carbocycles. The number of phenols is 2. The van der Waals surface area contributed by atoms with Crippen LogP contribution in [0.5, 0.6) is 11.5 Å². The summed E-state index contributed by atoms with van der Waals surface area (Å²) in [6, 6.07) is 23.5. The quantitative estimate of drug-likeness (QED) is 0.416. The van der Waals surface area contributed by atoms with Gasteiger partial charge in [0.2, 0.25) is 7.44 Å². The van der Waals surface area contributed by atoms with E-state index in [2.05, 4.69) is 10.2 Å². The van der Waals surface area contributed by atoms with E-state index in [1.807, 2.05) is 54.6 Å². The van der Waals surface area contributed by atoms with Crippen LogP contribution in [-0.4, -0.2) is 23.3 Å². The van der Waals surface area contributed by atoms with Gasteiger partial charge in [-0.1, -0.05) is 42.5 Å². The van der Waals surface area contributed by atoms with Crippen molar-refractivity contribution in [2.45, 2.75) is 12.8 Å². The molecule has 6 heteroatoms. The number of hydrogen-bond donors (Lipinski definition) is 4.